The number of nitriles is 1. The Kier molecular flexibility index (Phi) is 5.55. The molecule has 1 heterocycles. The number of hydrogen-bond donors (Lipinski definition) is 3. The summed E-state index contributed by atoms with van der Waals surface area (Å²) in [6.07, 6.45) is -1.03. The van der Waals surface area contributed by atoms with Gasteiger partial charge in [-0.25, -0.2) is 4.79 Å². The Morgan fingerprint density at radius 2 is 1.59 bits per heavy atom. The van der Waals surface area contributed by atoms with E-state index in [-0.39, 0.29) is 17.9 Å². The number of aryl methyl sites for hydroxylation is 3. The van der Waals surface area contributed by atoms with E-state index in [2.05, 4.69) is 25.6 Å². The van der Waals surface area contributed by atoms with Gasteiger partial charge in [0.15, 0.2) is 0 Å². The van der Waals surface area contributed by atoms with Gasteiger partial charge in [0, 0.05) is 11.4 Å². The van der Waals surface area contributed by atoms with Gasteiger partial charge in [-0.2, -0.15) is 20.2 Å². The van der Waals surface area contributed by atoms with Gasteiger partial charge in [0.25, 0.3) is 0 Å². The maximum Gasteiger partial charge on any atom is 0.412 e. The maximum atomic E-state index is 11.2. The Balaban J connectivity index is 1.95. The van der Waals surface area contributed by atoms with Crippen molar-refractivity contribution in [3.8, 4) is 12.1 Å². The third-order valence-electron chi connectivity index (χ3n) is 3.99. The molecule has 1 amide bonds. The number of nitrogens with two attached hydrogens (primary N) is 1. The Morgan fingerprint density at radius 3 is 2.14 bits per heavy atom. The van der Waals surface area contributed by atoms with Crippen LogP contribution in [0.4, 0.5) is 28.1 Å². The Labute approximate surface area is 167 Å². The molecule has 4 N–H and O–H groups in total. The number of carbonyl (C=O) groups excluding carboxylic acids is 1. The maximum absolute atomic E-state index is 11.2. The third-order valence-corrected chi connectivity index (χ3v) is 3.99. The van der Waals surface area contributed by atoms with E-state index in [1.54, 1.807) is 24.3 Å². The normalized spacial score (nSPS) is 10.1. The molecule has 3 aromatic rings. The summed E-state index contributed by atoms with van der Waals surface area (Å²) < 4.78 is 4.84. The molecule has 0 fully saturated rings. The van der Waals surface area contributed by atoms with Gasteiger partial charge in [0.05, 0.1) is 11.6 Å². The molecule has 0 saturated heterocycles. The molecule has 0 unspecified atom stereocenters. The molecule has 2 aromatic carbocycles. The smallest absolute Gasteiger partial charge is 0.374 e. The minimum atomic E-state index is -1.03. The van der Waals surface area contributed by atoms with Gasteiger partial charge in [0.1, 0.15) is 0 Å². The lowest BCUT2D eigenvalue weighted by molar-refractivity contribution is 0.207. The van der Waals surface area contributed by atoms with Crippen LogP contribution in [0.3, 0.4) is 0 Å². The van der Waals surface area contributed by atoms with E-state index in [1.165, 1.54) is 0 Å². The molecule has 1 aromatic heterocycles. The zero-order chi connectivity index (χ0) is 21.0. The van der Waals surface area contributed by atoms with E-state index in [9.17, 15) is 4.79 Å². The van der Waals surface area contributed by atoms with E-state index < -0.39 is 6.09 Å². The van der Waals surface area contributed by atoms with Gasteiger partial charge < -0.3 is 21.1 Å². The highest BCUT2D eigenvalue weighted by Crippen LogP contribution is 2.26. The molecular formula is C20H19N7O2. The molecule has 3 rings (SSSR count). The van der Waals surface area contributed by atoms with Crippen molar-refractivity contribution in [3.63, 3.8) is 0 Å². The highest BCUT2D eigenvalue weighted by molar-refractivity contribution is 5.68. The number of nitrogens with one attached hydrogen (secondary N) is 2. The van der Waals surface area contributed by atoms with Gasteiger partial charge in [-0.05, 0) is 56.2 Å². The second-order valence-electron chi connectivity index (χ2n) is 6.40. The lowest BCUT2D eigenvalue weighted by Gasteiger charge is -2.14. The van der Waals surface area contributed by atoms with Gasteiger partial charge >= 0.3 is 12.1 Å². The van der Waals surface area contributed by atoms with Crippen molar-refractivity contribution in [1.82, 2.24) is 15.0 Å². The molecule has 9 heteroatoms. The highest BCUT2D eigenvalue weighted by atomic mass is 16.6. The monoisotopic (exact) mass is 389 g/mol. The second-order valence-corrected chi connectivity index (χ2v) is 6.40. The summed E-state index contributed by atoms with van der Waals surface area (Å²) in [5.41, 5.74) is 10.3. The summed E-state index contributed by atoms with van der Waals surface area (Å²) in [5, 5.41) is 15.0. The van der Waals surface area contributed by atoms with Crippen LogP contribution in [0.2, 0.25) is 0 Å². The van der Waals surface area contributed by atoms with Crippen molar-refractivity contribution in [2.24, 2.45) is 5.73 Å². The van der Waals surface area contributed by atoms with Crippen LogP contribution < -0.4 is 21.1 Å². The summed E-state index contributed by atoms with van der Waals surface area (Å²) in [7, 11) is 0. The van der Waals surface area contributed by atoms with E-state index in [1.807, 2.05) is 39.0 Å². The van der Waals surface area contributed by atoms with Crippen molar-refractivity contribution in [2.45, 2.75) is 20.8 Å². The lowest BCUT2D eigenvalue weighted by atomic mass is 10.1. The van der Waals surface area contributed by atoms with E-state index in [0.29, 0.717) is 11.3 Å². The molecule has 0 bridgehead atoms. The van der Waals surface area contributed by atoms with Crippen LogP contribution >= 0.6 is 0 Å². The minimum Gasteiger partial charge on any atom is -0.374 e. The number of primary amides is 1. The number of ether oxygens (including phenoxy) is 1. The number of amides is 1. The summed E-state index contributed by atoms with van der Waals surface area (Å²) in [5.74, 6) is 0.327. The molecule has 29 heavy (non-hydrogen) atoms. The fourth-order valence-electron chi connectivity index (χ4n) is 2.85. The van der Waals surface area contributed by atoms with E-state index >= 15 is 0 Å². The van der Waals surface area contributed by atoms with Crippen molar-refractivity contribution in [3.05, 3.63) is 58.7 Å². The first-order valence-corrected chi connectivity index (χ1v) is 8.69. The van der Waals surface area contributed by atoms with Gasteiger partial charge in [0.2, 0.25) is 11.9 Å². The molecule has 0 radical (unpaired) electrons. The van der Waals surface area contributed by atoms with E-state index in [0.717, 1.165) is 22.4 Å². The standard InChI is InChI=1S/C20H19N7O2/c1-11-8-12(2)16(13(3)9-11)24-19-25-18(26-20(27-19)29-17(22)28)23-15-6-4-14(10-21)5-7-15/h4-9H,1-3H3,(H2,22,28)(H2,23,24,25,26,27). The van der Waals surface area contributed by atoms with Crippen LogP contribution in [0, 0.1) is 32.1 Å². The third kappa shape index (κ3) is 4.95. The number of hydrogen-bond acceptors (Lipinski definition) is 8. The minimum absolute atomic E-state index is 0.144. The second kappa shape index (κ2) is 8.22. The topological polar surface area (TPSA) is 139 Å². The largest absolute Gasteiger partial charge is 0.412 e. The van der Waals surface area contributed by atoms with Crippen molar-refractivity contribution in [2.75, 3.05) is 10.6 Å². The van der Waals surface area contributed by atoms with Crippen LogP contribution in [0.5, 0.6) is 6.01 Å². The van der Waals surface area contributed by atoms with Crippen LogP contribution in [-0.2, 0) is 0 Å². The molecule has 0 aliphatic rings. The van der Waals surface area contributed by atoms with Gasteiger partial charge in [-0.15, -0.1) is 0 Å². The van der Waals surface area contributed by atoms with Crippen LogP contribution in [0.15, 0.2) is 36.4 Å². The molecule has 0 aliphatic heterocycles. The zero-order valence-electron chi connectivity index (χ0n) is 16.1. The molecular weight excluding hydrogens is 370 g/mol. The number of aromatic nitrogens is 3. The Hall–Kier alpha value is -4.19. The fourth-order valence-corrected chi connectivity index (χ4v) is 2.85. The summed E-state index contributed by atoms with van der Waals surface area (Å²) in [6, 6.07) is 12.6. The van der Waals surface area contributed by atoms with Gasteiger partial charge in [-0.3, -0.25) is 0 Å². The number of anilines is 4. The van der Waals surface area contributed by atoms with Crippen LogP contribution in [0.1, 0.15) is 22.3 Å². The zero-order valence-corrected chi connectivity index (χ0v) is 16.1. The molecule has 0 aliphatic carbocycles. The summed E-state index contributed by atoms with van der Waals surface area (Å²) >= 11 is 0. The van der Waals surface area contributed by atoms with Crippen LogP contribution in [-0.4, -0.2) is 21.0 Å². The predicted octanol–water partition coefficient (Wildman–Crippen LogP) is 3.61. The number of nitrogens with zero attached hydrogens (tertiary/aromatic N) is 4. The van der Waals surface area contributed by atoms with Crippen LogP contribution in [0.25, 0.3) is 0 Å². The predicted molar refractivity (Wildman–Crippen MR) is 108 cm³/mol. The van der Waals surface area contributed by atoms with Crippen molar-refractivity contribution < 1.29 is 9.53 Å². The quantitative estimate of drug-likeness (QED) is 0.601. The van der Waals surface area contributed by atoms with Crippen molar-refractivity contribution in [1.29, 1.82) is 5.26 Å². The SMILES string of the molecule is Cc1cc(C)c(Nc2nc(Nc3ccc(C#N)cc3)nc(OC(N)=O)n2)c(C)c1. The number of benzene rings is 2. The highest BCUT2D eigenvalue weighted by Gasteiger charge is 2.13. The first-order valence-electron chi connectivity index (χ1n) is 8.69. The lowest BCUT2D eigenvalue weighted by Crippen LogP contribution is -2.19. The molecule has 0 atom stereocenters. The average Bonchev–Trinajstić information content (AvgIpc) is 2.64. The number of carbonyl (C=O) groups is 1. The van der Waals surface area contributed by atoms with Crippen molar-refractivity contribution >= 4 is 29.4 Å². The Bertz CT molecular complexity index is 1080. The molecule has 0 saturated carbocycles. The van der Waals surface area contributed by atoms with Gasteiger partial charge in [-0.1, -0.05) is 17.7 Å². The summed E-state index contributed by atoms with van der Waals surface area (Å²) in [6.45, 7) is 5.96. The average molecular weight is 389 g/mol. The number of rotatable bonds is 5. The first kappa shape index (κ1) is 19.6. The first-order chi connectivity index (χ1) is 13.8. The Morgan fingerprint density at radius 1 is 1.00 bits per heavy atom. The van der Waals surface area contributed by atoms with E-state index in [4.69, 9.17) is 15.7 Å². The fraction of sp³-hybridized carbons (Fsp3) is 0.150. The summed E-state index contributed by atoms with van der Waals surface area (Å²) in [4.78, 5) is 23.6. The molecule has 0 spiro atoms. The molecule has 146 valence electrons. The molecule has 9 nitrogen and oxygen atoms in total.